The molecule has 0 fully saturated rings. The molecular formula is C6H12N2O4S2. The third kappa shape index (κ3) is 8.02. The van der Waals surface area contributed by atoms with E-state index in [1.807, 2.05) is 0 Å². The van der Waals surface area contributed by atoms with Gasteiger partial charge < -0.3 is 15.2 Å². The number of carbonyl (C=O) groups is 2. The maximum absolute atomic E-state index is 10.8. The Bertz CT molecular complexity index is 234. The quantitative estimate of drug-likeness (QED) is 0.255. The fourth-order valence-corrected chi connectivity index (χ4v) is 1.06. The molecule has 14 heavy (non-hydrogen) atoms. The highest BCUT2D eigenvalue weighted by molar-refractivity contribution is 7.81. The third-order valence-corrected chi connectivity index (χ3v) is 1.96. The summed E-state index contributed by atoms with van der Waals surface area (Å²) < 4.78 is 18.5. The molecule has 1 atom stereocenters. The van der Waals surface area contributed by atoms with Gasteiger partial charge in [-0.05, 0) is 0 Å². The van der Waals surface area contributed by atoms with E-state index in [-0.39, 0.29) is 24.7 Å². The number of amides is 2. The molecule has 2 amide bonds. The van der Waals surface area contributed by atoms with Crippen molar-refractivity contribution in [1.82, 2.24) is 10.6 Å². The number of thiol groups is 1. The second-order valence-electron chi connectivity index (χ2n) is 2.32. The second kappa shape index (κ2) is 7.77. The highest BCUT2D eigenvalue weighted by Crippen LogP contribution is 1.75. The van der Waals surface area contributed by atoms with Gasteiger partial charge in [-0.1, -0.05) is 0 Å². The fraction of sp³-hybridized carbons (Fsp3) is 0.667. The predicted molar refractivity (Wildman–Crippen MR) is 55.5 cm³/mol. The molecule has 0 saturated heterocycles. The normalized spacial score (nSPS) is 11.9. The predicted octanol–water partition coefficient (Wildman–Crippen LogP) is -1.63. The van der Waals surface area contributed by atoms with Crippen LogP contribution in [0.2, 0.25) is 0 Å². The van der Waals surface area contributed by atoms with Crippen molar-refractivity contribution in [2.75, 3.05) is 24.6 Å². The lowest BCUT2D eigenvalue weighted by Crippen LogP contribution is -2.36. The number of nitrogens with one attached hydrogen (secondary N) is 2. The van der Waals surface area contributed by atoms with Gasteiger partial charge >= 0.3 is 0 Å². The Morgan fingerprint density at radius 1 is 1.21 bits per heavy atom. The molecule has 82 valence electrons. The van der Waals surface area contributed by atoms with Gasteiger partial charge in [0.05, 0.1) is 5.75 Å². The Kier molecular flexibility index (Phi) is 7.44. The lowest BCUT2D eigenvalue weighted by molar-refractivity contribution is -0.120. The van der Waals surface area contributed by atoms with Crippen LogP contribution < -0.4 is 10.6 Å². The van der Waals surface area contributed by atoms with Crippen LogP contribution in [0.5, 0.6) is 0 Å². The Morgan fingerprint density at radius 3 is 2.14 bits per heavy atom. The lowest BCUT2D eigenvalue weighted by Gasteiger charge is -2.04. The van der Waals surface area contributed by atoms with Crippen LogP contribution in [0.15, 0.2) is 0 Å². The molecular weight excluding hydrogens is 228 g/mol. The van der Waals surface area contributed by atoms with Crippen LogP contribution in [0.3, 0.4) is 0 Å². The third-order valence-electron chi connectivity index (χ3n) is 1.17. The summed E-state index contributed by atoms with van der Waals surface area (Å²) in [6.45, 7) is 0.513. The Morgan fingerprint density at radius 2 is 1.71 bits per heavy atom. The summed E-state index contributed by atoms with van der Waals surface area (Å²) in [6.07, 6.45) is 0. The van der Waals surface area contributed by atoms with Crippen LogP contribution in [-0.2, 0) is 20.7 Å². The maximum atomic E-state index is 10.8. The first-order chi connectivity index (χ1) is 6.56. The van der Waals surface area contributed by atoms with Crippen molar-refractivity contribution in [2.24, 2.45) is 0 Å². The Hall–Kier alpha value is -0.600. The van der Waals surface area contributed by atoms with Gasteiger partial charge in [0.2, 0.25) is 11.8 Å². The van der Waals surface area contributed by atoms with Crippen LogP contribution in [-0.4, -0.2) is 45.2 Å². The molecule has 3 N–H and O–H groups in total. The van der Waals surface area contributed by atoms with Gasteiger partial charge in [-0.3, -0.25) is 9.59 Å². The van der Waals surface area contributed by atoms with E-state index in [2.05, 4.69) is 23.3 Å². The van der Waals surface area contributed by atoms with Crippen molar-refractivity contribution < 1.29 is 18.4 Å². The van der Waals surface area contributed by atoms with E-state index in [4.69, 9.17) is 4.55 Å². The van der Waals surface area contributed by atoms with Crippen molar-refractivity contribution in [3.63, 3.8) is 0 Å². The van der Waals surface area contributed by atoms with E-state index in [1.54, 1.807) is 0 Å². The van der Waals surface area contributed by atoms with Crippen LogP contribution in [0.1, 0.15) is 0 Å². The van der Waals surface area contributed by atoms with Crippen molar-refractivity contribution in [2.45, 2.75) is 0 Å². The summed E-state index contributed by atoms with van der Waals surface area (Å²) in [7, 11) is 0. The smallest absolute Gasteiger partial charge is 0.235 e. The molecule has 0 heterocycles. The molecule has 0 spiro atoms. The summed E-state index contributed by atoms with van der Waals surface area (Å²) in [5, 5.41) is 4.83. The Labute approximate surface area is 89.5 Å². The number of rotatable bonds is 6. The number of hydrogen-bond acceptors (Lipinski definition) is 4. The zero-order valence-corrected chi connectivity index (χ0v) is 9.07. The molecule has 0 aromatic rings. The summed E-state index contributed by atoms with van der Waals surface area (Å²) in [5.74, 6) is -1.10. The second-order valence-corrected chi connectivity index (χ2v) is 3.57. The van der Waals surface area contributed by atoms with Gasteiger partial charge in [0, 0.05) is 13.1 Å². The largest absolute Gasteiger partial charge is 0.354 e. The van der Waals surface area contributed by atoms with Gasteiger partial charge in [-0.25, -0.2) is 4.21 Å². The molecule has 0 aliphatic rings. The van der Waals surface area contributed by atoms with Crippen molar-refractivity contribution in [1.29, 1.82) is 0 Å². The highest BCUT2D eigenvalue weighted by atomic mass is 32.2. The van der Waals surface area contributed by atoms with Crippen molar-refractivity contribution >= 4 is 35.5 Å². The minimum absolute atomic E-state index is 0.0919. The zero-order valence-electron chi connectivity index (χ0n) is 7.36. The first-order valence-electron chi connectivity index (χ1n) is 3.78. The summed E-state index contributed by atoms with van der Waals surface area (Å²) in [5.41, 5.74) is 0. The van der Waals surface area contributed by atoms with Gasteiger partial charge in [0.1, 0.15) is 5.75 Å². The van der Waals surface area contributed by atoms with Gasteiger partial charge in [-0.15, -0.1) is 0 Å². The molecule has 0 bridgehead atoms. The first kappa shape index (κ1) is 13.4. The lowest BCUT2D eigenvalue weighted by atomic mass is 10.5. The maximum Gasteiger partial charge on any atom is 0.235 e. The summed E-state index contributed by atoms with van der Waals surface area (Å²) in [6, 6.07) is 0. The SMILES string of the molecule is O=C(CS)NCCNC(=O)CS(=O)O. The van der Waals surface area contributed by atoms with E-state index >= 15 is 0 Å². The van der Waals surface area contributed by atoms with Crippen LogP contribution in [0.25, 0.3) is 0 Å². The first-order valence-corrected chi connectivity index (χ1v) is 5.68. The summed E-state index contributed by atoms with van der Waals surface area (Å²) in [4.78, 5) is 21.4. The van der Waals surface area contributed by atoms with Crippen LogP contribution >= 0.6 is 12.6 Å². The average molecular weight is 240 g/mol. The number of carbonyl (C=O) groups excluding carboxylic acids is 2. The molecule has 6 nitrogen and oxygen atoms in total. The van der Waals surface area contributed by atoms with E-state index in [1.165, 1.54) is 0 Å². The van der Waals surface area contributed by atoms with E-state index < -0.39 is 22.7 Å². The van der Waals surface area contributed by atoms with Gasteiger partial charge in [0.15, 0.2) is 11.1 Å². The van der Waals surface area contributed by atoms with Gasteiger partial charge in [-0.2, -0.15) is 12.6 Å². The molecule has 0 saturated carbocycles. The average Bonchev–Trinajstić information content (AvgIpc) is 2.10. The molecule has 0 rings (SSSR count). The summed E-state index contributed by atoms with van der Waals surface area (Å²) >= 11 is 1.61. The van der Waals surface area contributed by atoms with Crippen molar-refractivity contribution in [3.8, 4) is 0 Å². The van der Waals surface area contributed by atoms with E-state index in [0.717, 1.165) is 0 Å². The topological polar surface area (TPSA) is 95.5 Å². The molecule has 0 aromatic heterocycles. The minimum Gasteiger partial charge on any atom is -0.354 e. The molecule has 0 aliphatic carbocycles. The van der Waals surface area contributed by atoms with Crippen molar-refractivity contribution in [3.05, 3.63) is 0 Å². The van der Waals surface area contributed by atoms with E-state index in [0.29, 0.717) is 0 Å². The minimum atomic E-state index is -2.12. The van der Waals surface area contributed by atoms with E-state index in [9.17, 15) is 13.8 Å². The highest BCUT2D eigenvalue weighted by Gasteiger charge is 2.04. The Balaban J connectivity index is 3.40. The standard InChI is InChI=1S/C6H12N2O4S2/c9-5(3-13)7-1-2-8-6(10)4-14(11)12/h13H,1-4H2,(H,7,9)(H,8,10)(H,11,12). The fourth-order valence-electron chi connectivity index (χ4n) is 0.623. The molecule has 0 aromatic carbocycles. The van der Waals surface area contributed by atoms with Crippen LogP contribution in [0, 0.1) is 0 Å². The molecule has 1 unspecified atom stereocenters. The zero-order chi connectivity index (χ0) is 11.0. The number of hydrogen-bond donors (Lipinski definition) is 4. The molecule has 0 aliphatic heterocycles. The van der Waals surface area contributed by atoms with Gasteiger partial charge in [0.25, 0.3) is 0 Å². The monoisotopic (exact) mass is 240 g/mol. The molecule has 8 heteroatoms. The molecule has 0 radical (unpaired) electrons. The van der Waals surface area contributed by atoms with Crippen LogP contribution in [0.4, 0.5) is 0 Å².